The summed E-state index contributed by atoms with van der Waals surface area (Å²) >= 11 is 1.53. The van der Waals surface area contributed by atoms with Gasteiger partial charge in [0, 0.05) is 24.2 Å². The summed E-state index contributed by atoms with van der Waals surface area (Å²) in [5, 5.41) is 12.0. The summed E-state index contributed by atoms with van der Waals surface area (Å²) < 4.78 is 31.7. The smallest absolute Gasteiger partial charge is 0.475 e. The van der Waals surface area contributed by atoms with Crippen LogP contribution < -0.4 is 5.32 Å². The highest BCUT2D eigenvalue weighted by Crippen LogP contribution is 2.23. The number of hydrogen-bond acceptors (Lipinski definition) is 5. The number of H-pyrrole nitrogens is 1. The molecule has 12 heteroatoms. The molecule has 8 nitrogen and oxygen atoms in total. The molecule has 2 heterocycles. The average Bonchev–Trinajstić information content (AvgIpc) is 3.47. The number of anilines is 1. The highest BCUT2D eigenvalue weighted by Gasteiger charge is 2.38. The molecular formula is C22H20F3N5O3S. The number of imidazole rings is 1. The van der Waals surface area contributed by atoms with Crippen LogP contribution in [0, 0.1) is 0 Å². The molecule has 0 spiro atoms. The number of rotatable bonds is 5. The number of carbonyl (C=O) groups excluding carboxylic acids is 1. The van der Waals surface area contributed by atoms with Crippen LogP contribution in [0.25, 0.3) is 22.6 Å². The van der Waals surface area contributed by atoms with Crippen LogP contribution in [0.4, 0.5) is 23.7 Å². The van der Waals surface area contributed by atoms with Crippen LogP contribution in [0.5, 0.6) is 0 Å². The van der Waals surface area contributed by atoms with Gasteiger partial charge in [-0.1, -0.05) is 30.3 Å². The van der Waals surface area contributed by atoms with Crippen molar-refractivity contribution in [1.29, 1.82) is 0 Å². The molecule has 178 valence electrons. The van der Waals surface area contributed by atoms with E-state index in [-0.39, 0.29) is 6.03 Å². The molecule has 0 fully saturated rings. The second kappa shape index (κ2) is 10.8. The van der Waals surface area contributed by atoms with Gasteiger partial charge >= 0.3 is 18.2 Å². The van der Waals surface area contributed by atoms with Gasteiger partial charge in [-0.2, -0.15) is 13.2 Å². The summed E-state index contributed by atoms with van der Waals surface area (Å²) in [7, 11) is 0. The first-order valence-corrected chi connectivity index (χ1v) is 10.9. The van der Waals surface area contributed by atoms with E-state index in [2.05, 4.69) is 20.3 Å². The lowest BCUT2D eigenvalue weighted by Gasteiger charge is -2.21. The first-order chi connectivity index (χ1) is 16.2. The van der Waals surface area contributed by atoms with Crippen molar-refractivity contribution in [3.8, 4) is 11.5 Å². The SMILES string of the molecule is CCN(Cc1ccccc1)C(=O)Nc1ccc2nc(-c3cscn3)[nH]c2c1.O=C(O)C(F)(F)F. The third-order valence-corrected chi connectivity index (χ3v) is 5.12. The molecule has 0 atom stereocenters. The van der Waals surface area contributed by atoms with Gasteiger partial charge in [0.05, 0.1) is 16.5 Å². The summed E-state index contributed by atoms with van der Waals surface area (Å²) in [5.74, 6) is -2.03. The number of carboxylic acids is 1. The fraction of sp³-hybridized carbons (Fsp3) is 0.182. The number of carbonyl (C=O) groups is 2. The molecule has 2 aromatic carbocycles. The maximum atomic E-state index is 12.7. The van der Waals surface area contributed by atoms with Crippen molar-refractivity contribution in [3.05, 3.63) is 65.0 Å². The van der Waals surface area contributed by atoms with Gasteiger partial charge in [0.25, 0.3) is 0 Å². The number of aromatic nitrogens is 3. The van der Waals surface area contributed by atoms with Crippen LogP contribution in [-0.4, -0.2) is 49.7 Å². The minimum atomic E-state index is -5.08. The highest BCUT2D eigenvalue weighted by molar-refractivity contribution is 7.07. The first-order valence-electron chi connectivity index (χ1n) is 9.95. The number of aromatic amines is 1. The molecule has 0 aliphatic rings. The number of urea groups is 1. The van der Waals surface area contributed by atoms with E-state index in [1.807, 2.05) is 60.8 Å². The molecule has 3 N–H and O–H groups in total. The topological polar surface area (TPSA) is 111 Å². The quantitative estimate of drug-likeness (QED) is 0.347. The summed E-state index contributed by atoms with van der Waals surface area (Å²) in [4.78, 5) is 35.4. The van der Waals surface area contributed by atoms with E-state index in [9.17, 15) is 18.0 Å². The molecule has 2 amide bonds. The van der Waals surface area contributed by atoms with Gasteiger partial charge in [-0.3, -0.25) is 0 Å². The molecule has 0 aliphatic heterocycles. The van der Waals surface area contributed by atoms with Crippen molar-refractivity contribution in [1.82, 2.24) is 19.9 Å². The largest absolute Gasteiger partial charge is 0.490 e. The summed E-state index contributed by atoms with van der Waals surface area (Å²) in [5.41, 5.74) is 6.13. The first kappa shape index (κ1) is 24.7. The number of carboxylic acid groups (broad SMARTS) is 1. The molecule has 4 rings (SSSR count). The third-order valence-electron chi connectivity index (χ3n) is 4.54. The van der Waals surface area contributed by atoms with Crippen molar-refractivity contribution in [2.24, 2.45) is 0 Å². The lowest BCUT2D eigenvalue weighted by Crippen LogP contribution is -2.34. The average molecular weight is 491 g/mol. The van der Waals surface area contributed by atoms with Gasteiger partial charge in [0.15, 0.2) is 5.82 Å². The van der Waals surface area contributed by atoms with Crippen molar-refractivity contribution >= 4 is 40.1 Å². The van der Waals surface area contributed by atoms with Gasteiger partial charge < -0.3 is 20.3 Å². The molecule has 0 saturated carbocycles. The van der Waals surface area contributed by atoms with Gasteiger partial charge in [0.1, 0.15) is 5.69 Å². The number of benzene rings is 2. The van der Waals surface area contributed by atoms with Crippen LogP contribution in [0.2, 0.25) is 0 Å². The molecule has 34 heavy (non-hydrogen) atoms. The molecule has 4 aromatic rings. The van der Waals surface area contributed by atoms with E-state index in [0.29, 0.717) is 13.1 Å². The number of hydrogen-bond donors (Lipinski definition) is 3. The predicted molar refractivity (Wildman–Crippen MR) is 122 cm³/mol. The lowest BCUT2D eigenvalue weighted by molar-refractivity contribution is -0.192. The fourth-order valence-electron chi connectivity index (χ4n) is 2.87. The molecule has 0 unspecified atom stereocenters. The van der Waals surface area contributed by atoms with E-state index in [1.165, 1.54) is 11.3 Å². The van der Waals surface area contributed by atoms with Crippen LogP contribution >= 0.6 is 11.3 Å². The summed E-state index contributed by atoms with van der Waals surface area (Å²) in [6.07, 6.45) is -5.08. The molecule has 0 radical (unpaired) electrons. The number of amides is 2. The maximum Gasteiger partial charge on any atom is 0.490 e. The zero-order valence-electron chi connectivity index (χ0n) is 17.8. The van der Waals surface area contributed by atoms with Crippen molar-refractivity contribution in [2.75, 3.05) is 11.9 Å². The Morgan fingerprint density at radius 1 is 1.18 bits per heavy atom. The van der Waals surface area contributed by atoms with Crippen LogP contribution in [0.3, 0.4) is 0 Å². The molecule has 0 bridgehead atoms. The third kappa shape index (κ3) is 6.54. The van der Waals surface area contributed by atoms with E-state index in [1.54, 1.807) is 10.4 Å². The second-order valence-electron chi connectivity index (χ2n) is 6.92. The maximum absolute atomic E-state index is 12.7. The zero-order valence-corrected chi connectivity index (χ0v) is 18.7. The number of aliphatic carboxylic acids is 1. The normalized spacial score (nSPS) is 10.9. The lowest BCUT2D eigenvalue weighted by atomic mass is 10.2. The predicted octanol–water partition coefficient (Wildman–Crippen LogP) is 5.37. The standard InChI is InChI=1S/C20H19N5OS.C2HF3O2/c1-2-25(11-14-6-4-3-5-7-14)20(26)22-15-8-9-16-17(10-15)24-19(23-16)18-12-27-13-21-18;3-2(4,5)1(6)7/h3-10,12-13H,2,11H2,1H3,(H,22,26)(H,23,24);(H,6,7). The zero-order chi connectivity index (χ0) is 24.7. The Labute approximate surface area is 196 Å². The molecule has 0 aliphatic carbocycles. The van der Waals surface area contributed by atoms with Gasteiger partial charge in [-0.15, -0.1) is 11.3 Å². The summed E-state index contributed by atoms with van der Waals surface area (Å²) in [6.45, 7) is 3.17. The minimum Gasteiger partial charge on any atom is -0.475 e. The highest BCUT2D eigenvalue weighted by atomic mass is 32.1. The van der Waals surface area contributed by atoms with Crippen LogP contribution in [0.1, 0.15) is 12.5 Å². The Kier molecular flexibility index (Phi) is 7.84. The Balaban J connectivity index is 0.000000406. The monoisotopic (exact) mass is 491 g/mol. The van der Waals surface area contributed by atoms with Crippen molar-refractivity contribution < 1.29 is 27.9 Å². The molecule has 0 saturated heterocycles. The van der Waals surface area contributed by atoms with Crippen molar-refractivity contribution in [2.45, 2.75) is 19.6 Å². The van der Waals surface area contributed by atoms with Crippen molar-refractivity contribution in [3.63, 3.8) is 0 Å². The van der Waals surface area contributed by atoms with Crippen LogP contribution in [-0.2, 0) is 11.3 Å². The Hall–Kier alpha value is -3.93. The minimum absolute atomic E-state index is 0.125. The van der Waals surface area contributed by atoms with E-state index >= 15 is 0 Å². The van der Waals surface area contributed by atoms with Gasteiger partial charge in [0.2, 0.25) is 0 Å². The second-order valence-corrected chi connectivity index (χ2v) is 7.64. The van der Waals surface area contributed by atoms with E-state index in [0.717, 1.165) is 33.8 Å². The van der Waals surface area contributed by atoms with Gasteiger partial charge in [-0.25, -0.2) is 19.6 Å². The van der Waals surface area contributed by atoms with Crippen LogP contribution in [0.15, 0.2) is 59.4 Å². The number of thiazole rings is 1. The Morgan fingerprint density at radius 2 is 1.88 bits per heavy atom. The number of nitrogens with one attached hydrogen (secondary N) is 2. The van der Waals surface area contributed by atoms with E-state index < -0.39 is 12.1 Å². The number of nitrogens with zero attached hydrogens (tertiary/aromatic N) is 3. The molecule has 2 aromatic heterocycles. The summed E-state index contributed by atoms with van der Waals surface area (Å²) in [6, 6.07) is 15.5. The van der Waals surface area contributed by atoms with Gasteiger partial charge in [-0.05, 0) is 30.7 Å². The fourth-order valence-corrected chi connectivity index (χ4v) is 3.41. The molecular weight excluding hydrogens is 471 g/mol. The van der Waals surface area contributed by atoms with E-state index in [4.69, 9.17) is 9.90 Å². The number of halogens is 3. The number of alkyl halides is 3. The Bertz CT molecular complexity index is 1240. The Morgan fingerprint density at radius 3 is 2.47 bits per heavy atom. The number of fused-ring (bicyclic) bond motifs is 1.